The average Bonchev–Trinajstić information content (AvgIpc) is 2.53. The molecule has 0 spiro atoms. The van der Waals surface area contributed by atoms with Crippen LogP contribution in [0.15, 0.2) is 60.7 Å². The minimum atomic E-state index is 0.322. The zero-order valence-corrected chi connectivity index (χ0v) is 12.6. The number of aromatic hydroxyl groups is 2. The van der Waals surface area contributed by atoms with Crippen molar-refractivity contribution in [1.82, 2.24) is 0 Å². The van der Waals surface area contributed by atoms with E-state index in [2.05, 4.69) is 0 Å². The van der Waals surface area contributed by atoms with E-state index in [-0.39, 0.29) is 0 Å². The van der Waals surface area contributed by atoms with Crippen LogP contribution >= 0.6 is 0 Å². The molecule has 21 heavy (non-hydrogen) atoms. The van der Waals surface area contributed by atoms with Crippen molar-refractivity contribution in [2.24, 2.45) is 0 Å². The first-order valence-electron chi connectivity index (χ1n) is 6.55. The third-order valence-electron chi connectivity index (χ3n) is 1.92. The van der Waals surface area contributed by atoms with Gasteiger partial charge in [-0.15, -0.1) is 0 Å². The standard InChI is InChI=1S/2C6H6O.C4H10O.CH2O/c2*7-6-4-2-1-3-5-6;1-3-5-4-2;1-2/h2*1-5,7H;3-4H2,1-2H3;1H2. The molecule has 4 heteroatoms. The molecule has 0 saturated heterocycles. The van der Waals surface area contributed by atoms with Crippen molar-refractivity contribution in [1.29, 1.82) is 0 Å². The summed E-state index contributed by atoms with van der Waals surface area (Å²) in [5, 5.41) is 17.3. The van der Waals surface area contributed by atoms with Gasteiger partial charge in [-0.1, -0.05) is 36.4 Å². The quantitative estimate of drug-likeness (QED) is 0.886. The number of phenolic OH excluding ortho intramolecular Hbond substituents is 2. The first-order valence-corrected chi connectivity index (χ1v) is 6.55. The Bertz CT molecular complexity index is 364. The molecule has 0 fully saturated rings. The van der Waals surface area contributed by atoms with E-state index >= 15 is 0 Å². The Balaban J connectivity index is 0. The van der Waals surface area contributed by atoms with Crippen molar-refractivity contribution >= 4 is 6.79 Å². The van der Waals surface area contributed by atoms with Gasteiger partial charge in [0.15, 0.2) is 0 Å². The largest absolute Gasteiger partial charge is 0.508 e. The highest BCUT2D eigenvalue weighted by molar-refractivity contribution is 5.19. The summed E-state index contributed by atoms with van der Waals surface area (Å²) >= 11 is 0. The minimum Gasteiger partial charge on any atom is -0.508 e. The van der Waals surface area contributed by atoms with Crippen LogP contribution in [0.3, 0.4) is 0 Å². The molecule has 2 N–H and O–H groups in total. The highest BCUT2D eigenvalue weighted by atomic mass is 16.5. The lowest BCUT2D eigenvalue weighted by Gasteiger charge is -1.86. The molecular formula is C17H24O4. The van der Waals surface area contributed by atoms with Crippen molar-refractivity contribution in [3.05, 3.63) is 60.7 Å². The van der Waals surface area contributed by atoms with E-state index in [9.17, 15) is 0 Å². The fourth-order valence-corrected chi connectivity index (χ4v) is 1.06. The maximum atomic E-state index is 8.63. The highest BCUT2D eigenvalue weighted by Gasteiger charge is 1.75. The van der Waals surface area contributed by atoms with Gasteiger partial charge in [-0.2, -0.15) is 0 Å². The Morgan fingerprint density at radius 2 is 1.05 bits per heavy atom. The molecule has 0 bridgehead atoms. The van der Waals surface area contributed by atoms with Crippen LogP contribution in [-0.2, 0) is 9.53 Å². The number of phenols is 2. The van der Waals surface area contributed by atoms with Crippen molar-refractivity contribution in [2.45, 2.75) is 13.8 Å². The second kappa shape index (κ2) is 17.7. The van der Waals surface area contributed by atoms with Gasteiger partial charge in [-0.3, -0.25) is 0 Å². The summed E-state index contributed by atoms with van der Waals surface area (Å²) in [6.45, 7) is 7.67. The van der Waals surface area contributed by atoms with Crippen molar-refractivity contribution in [3.63, 3.8) is 0 Å². The summed E-state index contributed by atoms with van der Waals surface area (Å²) in [6, 6.07) is 17.4. The number of hydrogen-bond acceptors (Lipinski definition) is 4. The predicted octanol–water partition coefficient (Wildman–Crippen LogP) is 3.64. The van der Waals surface area contributed by atoms with Crippen LogP contribution in [0.25, 0.3) is 0 Å². The number of ether oxygens (including phenoxy) is 1. The van der Waals surface area contributed by atoms with Gasteiger partial charge in [0.1, 0.15) is 18.3 Å². The van der Waals surface area contributed by atoms with Crippen LogP contribution in [0.4, 0.5) is 0 Å². The SMILES string of the molecule is C=O.CCOCC.Oc1ccccc1.Oc1ccccc1. The Kier molecular flexibility index (Phi) is 17.7. The maximum absolute atomic E-state index is 8.63. The number of para-hydroxylation sites is 2. The predicted molar refractivity (Wildman–Crippen MR) is 85.5 cm³/mol. The number of rotatable bonds is 2. The number of carbonyl (C=O) groups excluding carboxylic acids is 1. The van der Waals surface area contributed by atoms with Crippen molar-refractivity contribution in [3.8, 4) is 11.5 Å². The number of benzene rings is 2. The lowest BCUT2D eigenvalue weighted by atomic mass is 10.3. The molecule has 116 valence electrons. The van der Waals surface area contributed by atoms with Gasteiger partial charge in [0.25, 0.3) is 0 Å². The molecule has 0 aliphatic heterocycles. The van der Waals surface area contributed by atoms with Crippen LogP contribution in [-0.4, -0.2) is 30.2 Å². The Hall–Kier alpha value is -2.33. The average molecular weight is 292 g/mol. The summed E-state index contributed by atoms with van der Waals surface area (Å²) in [7, 11) is 0. The smallest absolute Gasteiger partial charge is 0.115 e. The molecule has 2 aromatic rings. The molecule has 0 amide bonds. The lowest BCUT2D eigenvalue weighted by molar-refractivity contribution is -0.0979. The summed E-state index contributed by atoms with van der Waals surface area (Å²) in [6.07, 6.45) is 0. The molecule has 0 radical (unpaired) electrons. The van der Waals surface area contributed by atoms with E-state index in [1.54, 1.807) is 48.5 Å². The Labute approximate surface area is 126 Å². The van der Waals surface area contributed by atoms with Crippen LogP contribution in [0.5, 0.6) is 11.5 Å². The van der Waals surface area contributed by atoms with Gasteiger partial charge < -0.3 is 19.7 Å². The fraction of sp³-hybridized carbons (Fsp3) is 0.235. The van der Waals surface area contributed by atoms with Gasteiger partial charge in [-0.05, 0) is 38.1 Å². The third kappa shape index (κ3) is 17.7. The highest BCUT2D eigenvalue weighted by Crippen LogP contribution is 2.03. The molecular weight excluding hydrogens is 268 g/mol. The molecule has 0 aliphatic rings. The zero-order chi connectivity index (χ0) is 16.3. The van der Waals surface area contributed by atoms with E-state index in [4.69, 9.17) is 19.7 Å². The van der Waals surface area contributed by atoms with Crippen molar-refractivity contribution < 1.29 is 19.7 Å². The van der Waals surface area contributed by atoms with Gasteiger partial charge in [0.05, 0.1) is 0 Å². The van der Waals surface area contributed by atoms with E-state index < -0.39 is 0 Å². The molecule has 0 heterocycles. The van der Waals surface area contributed by atoms with E-state index in [0.717, 1.165) is 13.2 Å². The van der Waals surface area contributed by atoms with Crippen LogP contribution in [0.2, 0.25) is 0 Å². The second-order valence-electron chi connectivity index (χ2n) is 3.45. The van der Waals surface area contributed by atoms with Crippen LogP contribution in [0.1, 0.15) is 13.8 Å². The zero-order valence-electron chi connectivity index (χ0n) is 12.6. The molecule has 4 nitrogen and oxygen atoms in total. The van der Waals surface area contributed by atoms with E-state index in [0.29, 0.717) is 11.5 Å². The summed E-state index contributed by atoms with van der Waals surface area (Å²) in [5.74, 6) is 0.644. The van der Waals surface area contributed by atoms with Gasteiger partial charge in [0.2, 0.25) is 0 Å². The van der Waals surface area contributed by atoms with Gasteiger partial charge in [0, 0.05) is 13.2 Å². The molecule has 0 aliphatic carbocycles. The lowest BCUT2D eigenvalue weighted by Crippen LogP contribution is -1.84. The Morgan fingerprint density at radius 1 is 0.762 bits per heavy atom. The first-order chi connectivity index (χ1) is 10.2. The van der Waals surface area contributed by atoms with Crippen LogP contribution in [0, 0.1) is 0 Å². The Morgan fingerprint density at radius 3 is 1.14 bits per heavy atom. The number of hydrogen-bond donors (Lipinski definition) is 2. The second-order valence-corrected chi connectivity index (χ2v) is 3.45. The third-order valence-corrected chi connectivity index (χ3v) is 1.92. The topological polar surface area (TPSA) is 66.8 Å². The molecule has 0 atom stereocenters. The maximum Gasteiger partial charge on any atom is 0.115 e. The normalized spacial score (nSPS) is 7.90. The van der Waals surface area contributed by atoms with Crippen LogP contribution < -0.4 is 0 Å². The van der Waals surface area contributed by atoms with Gasteiger partial charge >= 0.3 is 0 Å². The summed E-state index contributed by atoms with van der Waals surface area (Å²) < 4.78 is 4.83. The van der Waals surface area contributed by atoms with E-state index in [1.807, 2.05) is 32.8 Å². The van der Waals surface area contributed by atoms with Crippen molar-refractivity contribution in [2.75, 3.05) is 13.2 Å². The monoisotopic (exact) mass is 292 g/mol. The van der Waals surface area contributed by atoms with Gasteiger partial charge in [-0.25, -0.2) is 0 Å². The molecule has 2 rings (SSSR count). The number of carbonyl (C=O) groups is 1. The fourth-order valence-electron chi connectivity index (χ4n) is 1.06. The molecule has 2 aromatic carbocycles. The summed E-state index contributed by atoms with van der Waals surface area (Å²) in [4.78, 5) is 8.00. The van der Waals surface area contributed by atoms with E-state index in [1.165, 1.54) is 0 Å². The molecule has 0 saturated carbocycles. The molecule has 0 aromatic heterocycles. The minimum absolute atomic E-state index is 0.322. The first kappa shape index (κ1) is 21.0. The summed E-state index contributed by atoms with van der Waals surface area (Å²) in [5.41, 5.74) is 0. The molecule has 0 unspecified atom stereocenters.